The zero-order chi connectivity index (χ0) is 13.8. The van der Waals surface area contributed by atoms with Crippen LogP contribution < -0.4 is 0 Å². The minimum absolute atomic E-state index is 0.362. The molecule has 3 heteroatoms. The van der Waals surface area contributed by atoms with Crippen LogP contribution in [0.4, 0.5) is 4.39 Å². The summed E-state index contributed by atoms with van der Waals surface area (Å²) >= 11 is 0. The SMILES string of the molecule is Cc1cccc(CC(C(=O)O)c2cccc(F)c2)c1. The van der Waals surface area contributed by atoms with Gasteiger partial charge in [-0.2, -0.15) is 0 Å². The predicted octanol–water partition coefficient (Wildman–Crippen LogP) is 3.55. The predicted molar refractivity (Wildman–Crippen MR) is 71.7 cm³/mol. The van der Waals surface area contributed by atoms with Crippen molar-refractivity contribution < 1.29 is 14.3 Å². The van der Waals surface area contributed by atoms with Crippen LogP contribution in [0.25, 0.3) is 0 Å². The van der Waals surface area contributed by atoms with Crippen LogP contribution in [0.1, 0.15) is 22.6 Å². The number of hydrogen-bond donors (Lipinski definition) is 1. The van der Waals surface area contributed by atoms with Crippen molar-refractivity contribution in [3.63, 3.8) is 0 Å². The van der Waals surface area contributed by atoms with Crippen molar-refractivity contribution in [1.82, 2.24) is 0 Å². The summed E-state index contributed by atoms with van der Waals surface area (Å²) in [5, 5.41) is 9.33. The minimum Gasteiger partial charge on any atom is -0.481 e. The van der Waals surface area contributed by atoms with Crippen molar-refractivity contribution in [3.8, 4) is 0 Å². The van der Waals surface area contributed by atoms with Crippen LogP contribution in [0.5, 0.6) is 0 Å². The number of carboxylic acid groups (broad SMARTS) is 1. The fourth-order valence-electron chi connectivity index (χ4n) is 2.15. The molecule has 1 N–H and O–H groups in total. The molecule has 0 saturated heterocycles. The number of carboxylic acids is 1. The van der Waals surface area contributed by atoms with E-state index < -0.39 is 17.7 Å². The molecular formula is C16H15FO2. The monoisotopic (exact) mass is 258 g/mol. The Morgan fingerprint density at radius 1 is 1.21 bits per heavy atom. The highest BCUT2D eigenvalue weighted by molar-refractivity contribution is 5.76. The number of aryl methyl sites for hydroxylation is 1. The molecule has 0 saturated carbocycles. The van der Waals surface area contributed by atoms with E-state index in [1.165, 1.54) is 18.2 Å². The molecule has 0 radical (unpaired) electrons. The quantitative estimate of drug-likeness (QED) is 0.910. The van der Waals surface area contributed by atoms with Gasteiger partial charge >= 0.3 is 5.97 Å². The van der Waals surface area contributed by atoms with Crippen LogP contribution in [0, 0.1) is 12.7 Å². The summed E-state index contributed by atoms with van der Waals surface area (Å²) in [7, 11) is 0. The average Bonchev–Trinajstić information content (AvgIpc) is 2.35. The Kier molecular flexibility index (Phi) is 3.95. The molecule has 98 valence electrons. The molecule has 0 aliphatic carbocycles. The summed E-state index contributed by atoms with van der Waals surface area (Å²) in [4.78, 5) is 11.4. The van der Waals surface area contributed by atoms with Crippen molar-refractivity contribution in [2.45, 2.75) is 19.3 Å². The van der Waals surface area contributed by atoms with Crippen LogP contribution in [-0.2, 0) is 11.2 Å². The molecule has 0 fully saturated rings. The van der Waals surface area contributed by atoms with E-state index in [-0.39, 0.29) is 0 Å². The first-order valence-corrected chi connectivity index (χ1v) is 6.10. The second-order valence-electron chi connectivity index (χ2n) is 4.64. The van der Waals surface area contributed by atoms with Crippen LogP contribution in [-0.4, -0.2) is 11.1 Å². The summed E-state index contributed by atoms with van der Waals surface area (Å²) in [5.74, 6) is -2.07. The zero-order valence-electron chi connectivity index (χ0n) is 10.6. The Morgan fingerprint density at radius 2 is 1.95 bits per heavy atom. The Labute approximate surface area is 111 Å². The van der Waals surface area contributed by atoms with E-state index in [4.69, 9.17) is 0 Å². The first kappa shape index (κ1) is 13.3. The molecular weight excluding hydrogens is 243 g/mol. The fraction of sp³-hybridized carbons (Fsp3) is 0.188. The topological polar surface area (TPSA) is 37.3 Å². The number of halogens is 1. The van der Waals surface area contributed by atoms with Gasteiger partial charge in [0.15, 0.2) is 0 Å². The summed E-state index contributed by atoms with van der Waals surface area (Å²) in [6, 6.07) is 13.5. The van der Waals surface area contributed by atoms with E-state index in [1.807, 2.05) is 31.2 Å². The molecule has 2 aromatic rings. The highest BCUT2D eigenvalue weighted by Gasteiger charge is 2.20. The smallest absolute Gasteiger partial charge is 0.311 e. The average molecular weight is 258 g/mol. The van der Waals surface area contributed by atoms with Gasteiger partial charge in [-0.1, -0.05) is 42.0 Å². The van der Waals surface area contributed by atoms with Crippen LogP contribution >= 0.6 is 0 Å². The third kappa shape index (κ3) is 3.41. The number of hydrogen-bond acceptors (Lipinski definition) is 1. The lowest BCUT2D eigenvalue weighted by molar-refractivity contribution is -0.138. The van der Waals surface area contributed by atoms with Crippen molar-refractivity contribution in [3.05, 3.63) is 71.0 Å². The molecule has 19 heavy (non-hydrogen) atoms. The summed E-state index contributed by atoms with van der Waals surface area (Å²) in [5.41, 5.74) is 2.52. The van der Waals surface area contributed by atoms with Gasteiger partial charge in [0.25, 0.3) is 0 Å². The summed E-state index contributed by atoms with van der Waals surface area (Å²) in [6.07, 6.45) is 0.362. The molecule has 1 unspecified atom stereocenters. The van der Waals surface area contributed by atoms with Crippen molar-refractivity contribution >= 4 is 5.97 Å². The second-order valence-corrected chi connectivity index (χ2v) is 4.64. The molecule has 0 aliphatic heterocycles. The Hall–Kier alpha value is -2.16. The molecule has 2 aromatic carbocycles. The molecule has 0 spiro atoms. The zero-order valence-corrected chi connectivity index (χ0v) is 10.6. The van der Waals surface area contributed by atoms with Crippen molar-refractivity contribution in [2.24, 2.45) is 0 Å². The van der Waals surface area contributed by atoms with Gasteiger partial charge in [0.1, 0.15) is 5.82 Å². The third-order valence-corrected chi connectivity index (χ3v) is 3.07. The Bertz CT molecular complexity index is 593. The van der Waals surface area contributed by atoms with Gasteiger partial charge in [0, 0.05) is 0 Å². The highest BCUT2D eigenvalue weighted by Crippen LogP contribution is 2.22. The molecule has 1 atom stereocenters. The lowest BCUT2D eigenvalue weighted by Gasteiger charge is -2.13. The molecule has 0 aromatic heterocycles. The van der Waals surface area contributed by atoms with Gasteiger partial charge in [-0.05, 0) is 36.6 Å². The molecule has 2 rings (SSSR count). The van der Waals surface area contributed by atoms with Gasteiger partial charge in [0.2, 0.25) is 0 Å². The fourth-order valence-corrected chi connectivity index (χ4v) is 2.15. The maximum atomic E-state index is 13.2. The van der Waals surface area contributed by atoms with Crippen LogP contribution in [0.2, 0.25) is 0 Å². The van der Waals surface area contributed by atoms with E-state index in [2.05, 4.69) is 0 Å². The first-order valence-electron chi connectivity index (χ1n) is 6.10. The summed E-state index contributed by atoms with van der Waals surface area (Å²) in [6.45, 7) is 1.96. The minimum atomic E-state index is -0.938. The standard InChI is InChI=1S/C16H15FO2/c1-11-4-2-5-12(8-11)9-15(16(18)19)13-6-3-7-14(17)10-13/h2-8,10,15H,9H2,1H3,(H,18,19). The van der Waals surface area contributed by atoms with Crippen molar-refractivity contribution in [2.75, 3.05) is 0 Å². The lowest BCUT2D eigenvalue weighted by Crippen LogP contribution is -2.14. The van der Waals surface area contributed by atoms with Gasteiger partial charge in [-0.25, -0.2) is 4.39 Å². The Morgan fingerprint density at radius 3 is 2.58 bits per heavy atom. The lowest BCUT2D eigenvalue weighted by atomic mass is 9.91. The molecule has 0 heterocycles. The molecule has 0 amide bonds. The number of aliphatic carboxylic acids is 1. The largest absolute Gasteiger partial charge is 0.481 e. The second kappa shape index (κ2) is 5.65. The van der Waals surface area contributed by atoms with Crippen LogP contribution in [0.3, 0.4) is 0 Å². The van der Waals surface area contributed by atoms with E-state index in [1.54, 1.807) is 6.07 Å². The van der Waals surface area contributed by atoms with Crippen molar-refractivity contribution in [1.29, 1.82) is 0 Å². The normalized spacial score (nSPS) is 12.1. The van der Waals surface area contributed by atoms with Gasteiger partial charge in [0.05, 0.1) is 5.92 Å². The highest BCUT2D eigenvalue weighted by atomic mass is 19.1. The van der Waals surface area contributed by atoms with E-state index in [0.29, 0.717) is 12.0 Å². The van der Waals surface area contributed by atoms with Gasteiger partial charge in [-0.15, -0.1) is 0 Å². The van der Waals surface area contributed by atoms with E-state index in [9.17, 15) is 14.3 Å². The molecule has 0 aliphatic rings. The number of carbonyl (C=O) groups is 1. The Balaban J connectivity index is 2.29. The van der Waals surface area contributed by atoms with Gasteiger partial charge in [-0.3, -0.25) is 4.79 Å². The number of rotatable bonds is 4. The van der Waals surface area contributed by atoms with E-state index >= 15 is 0 Å². The molecule has 0 bridgehead atoms. The first-order chi connectivity index (χ1) is 9.06. The van der Waals surface area contributed by atoms with Crippen LogP contribution in [0.15, 0.2) is 48.5 Å². The maximum Gasteiger partial charge on any atom is 0.311 e. The van der Waals surface area contributed by atoms with E-state index in [0.717, 1.165) is 11.1 Å². The molecule has 2 nitrogen and oxygen atoms in total. The maximum absolute atomic E-state index is 13.2. The number of benzene rings is 2. The summed E-state index contributed by atoms with van der Waals surface area (Å²) < 4.78 is 13.2. The van der Waals surface area contributed by atoms with Gasteiger partial charge < -0.3 is 5.11 Å². The third-order valence-electron chi connectivity index (χ3n) is 3.07.